The molecule has 2 aliphatic heterocycles. The van der Waals surface area contributed by atoms with E-state index in [0.29, 0.717) is 12.0 Å². The number of hydrogen-bond acceptors (Lipinski definition) is 5. The Morgan fingerprint density at radius 2 is 1.73 bits per heavy atom. The van der Waals surface area contributed by atoms with E-state index in [4.69, 9.17) is 4.74 Å². The lowest BCUT2D eigenvalue weighted by Gasteiger charge is -2.57. The molecule has 0 bridgehead atoms. The molecule has 0 aliphatic carbocycles. The van der Waals surface area contributed by atoms with E-state index in [-0.39, 0.29) is 12.6 Å². The molecule has 5 heteroatoms. The highest BCUT2D eigenvalue weighted by atomic mass is 16.5. The lowest BCUT2D eigenvalue weighted by molar-refractivity contribution is -0.0655. The van der Waals surface area contributed by atoms with Crippen LogP contribution in [0.1, 0.15) is 29.9 Å². The molecule has 3 heterocycles. The van der Waals surface area contributed by atoms with E-state index in [1.165, 1.54) is 24.0 Å². The molecule has 5 nitrogen and oxygen atoms in total. The van der Waals surface area contributed by atoms with Gasteiger partial charge in [-0.05, 0) is 60.8 Å². The number of para-hydroxylation sites is 1. The summed E-state index contributed by atoms with van der Waals surface area (Å²) in [6, 6.07) is 21.9. The molecule has 1 aromatic heterocycles. The monoisotopic (exact) mass is 443 g/mol. The molecule has 2 saturated heterocycles. The van der Waals surface area contributed by atoms with E-state index in [2.05, 4.69) is 57.2 Å². The van der Waals surface area contributed by atoms with Crippen LogP contribution in [-0.2, 0) is 6.54 Å². The standard InChI is InChI=1S/C28H33N3O2/c1-33-27-7-3-2-6-24(27)22-8-10-23(11-9-22)28-25-19-30(18-21-12-14-29-15-13-21)16-4-5-17-31(25)26(28)20-32/h2-3,6-15,25-26,28,32H,4-5,16-20H2,1H3/t25-,26-,28-/m1/s1. The molecule has 0 unspecified atom stereocenters. The zero-order valence-electron chi connectivity index (χ0n) is 19.3. The van der Waals surface area contributed by atoms with Crippen molar-refractivity contribution in [1.82, 2.24) is 14.8 Å². The molecular formula is C28H33N3O2. The van der Waals surface area contributed by atoms with Crippen LogP contribution in [0.5, 0.6) is 5.75 Å². The van der Waals surface area contributed by atoms with Crippen molar-refractivity contribution >= 4 is 0 Å². The molecule has 0 spiro atoms. The summed E-state index contributed by atoms with van der Waals surface area (Å²) in [4.78, 5) is 9.28. The summed E-state index contributed by atoms with van der Waals surface area (Å²) < 4.78 is 5.55. The van der Waals surface area contributed by atoms with Gasteiger partial charge in [0.2, 0.25) is 0 Å². The van der Waals surface area contributed by atoms with Gasteiger partial charge in [0.1, 0.15) is 5.75 Å². The van der Waals surface area contributed by atoms with Crippen molar-refractivity contribution in [3.63, 3.8) is 0 Å². The van der Waals surface area contributed by atoms with Crippen LogP contribution in [0.2, 0.25) is 0 Å². The first-order valence-electron chi connectivity index (χ1n) is 12.0. The number of aliphatic hydroxyl groups is 1. The van der Waals surface area contributed by atoms with E-state index in [9.17, 15) is 5.11 Å². The Labute approximate surface area is 196 Å². The van der Waals surface area contributed by atoms with Gasteiger partial charge in [-0.2, -0.15) is 0 Å². The lowest BCUT2D eigenvalue weighted by atomic mass is 9.74. The molecule has 33 heavy (non-hydrogen) atoms. The summed E-state index contributed by atoms with van der Waals surface area (Å²) in [6.45, 7) is 4.39. The maximum atomic E-state index is 10.2. The first-order valence-corrected chi connectivity index (χ1v) is 12.0. The summed E-state index contributed by atoms with van der Waals surface area (Å²) in [5.74, 6) is 1.24. The molecule has 3 atom stereocenters. The van der Waals surface area contributed by atoms with Gasteiger partial charge >= 0.3 is 0 Å². The highest BCUT2D eigenvalue weighted by Gasteiger charge is 2.49. The molecule has 172 valence electrons. The van der Waals surface area contributed by atoms with E-state index in [1.54, 1.807) is 7.11 Å². The normalized spacial score (nSPS) is 23.8. The van der Waals surface area contributed by atoms with Crippen LogP contribution in [0.4, 0.5) is 0 Å². The number of hydrogen-bond donors (Lipinski definition) is 1. The van der Waals surface area contributed by atoms with Crippen molar-refractivity contribution in [3.05, 3.63) is 84.2 Å². The van der Waals surface area contributed by atoms with Crippen molar-refractivity contribution in [1.29, 1.82) is 0 Å². The largest absolute Gasteiger partial charge is 0.496 e. The van der Waals surface area contributed by atoms with Crippen molar-refractivity contribution in [3.8, 4) is 16.9 Å². The predicted molar refractivity (Wildman–Crippen MR) is 131 cm³/mol. The fraction of sp³-hybridized carbons (Fsp3) is 0.393. The van der Waals surface area contributed by atoms with Crippen molar-refractivity contribution in [2.45, 2.75) is 37.4 Å². The van der Waals surface area contributed by atoms with Crippen molar-refractivity contribution in [2.75, 3.05) is 33.4 Å². The number of pyridine rings is 1. The molecule has 1 N–H and O–H groups in total. The van der Waals surface area contributed by atoms with Crippen LogP contribution in [0.25, 0.3) is 11.1 Å². The minimum Gasteiger partial charge on any atom is -0.496 e. The Kier molecular flexibility index (Phi) is 6.72. The average molecular weight is 444 g/mol. The summed E-state index contributed by atoms with van der Waals surface area (Å²) in [7, 11) is 1.72. The first kappa shape index (κ1) is 22.1. The predicted octanol–water partition coefficient (Wildman–Crippen LogP) is 4.18. The van der Waals surface area contributed by atoms with E-state index < -0.39 is 0 Å². The summed E-state index contributed by atoms with van der Waals surface area (Å²) in [5, 5.41) is 10.2. The van der Waals surface area contributed by atoms with Crippen LogP contribution in [-0.4, -0.2) is 65.3 Å². The highest BCUT2D eigenvalue weighted by Crippen LogP contribution is 2.42. The summed E-state index contributed by atoms with van der Waals surface area (Å²) in [5.41, 5.74) is 4.89. The molecule has 5 rings (SSSR count). The van der Waals surface area contributed by atoms with Gasteiger partial charge in [-0.15, -0.1) is 0 Å². The van der Waals surface area contributed by atoms with Crippen LogP contribution in [0, 0.1) is 0 Å². The number of aromatic nitrogens is 1. The smallest absolute Gasteiger partial charge is 0.126 e. The number of nitrogens with zero attached hydrogens (tertiary/aromatic N) is 3. The topological polar surface area (TPSA) is 48.8 Å². The minimum atomic E-state index is 0.202. The Hall–Kier alpha value is -2.73. The van der Waals surface area contributed by atoms with Gasteiger partial charge in [0.25, 0.3) is 0 Å². The molecule has 2 fully saturated rings. The van der Waals surface area contributed by atoms with Gasteiger partial charge in [0.05, 0.1) is 13.7 Å². The molecule has 3 aromatic rings. The van der Waals surface area contributed by atoms with Crippen molar-refractivity contribution in [2.24, 2.45) is 0 Å². The van der Waals surface area contributed by atoms with E-state index in [0.717, 1.165) is 43.1 Å². The third-order valence-corrected chi connectivity index (χ3v) is 7.32. The maximum absolute atomic E-state index is 10.2. The molecule has 0 amide bonds. The highest BCUT2D eigenvalue weighted by molar-refractivity contribution is 5.70. The SMILES string of the molecule is COc1ccccc1-c1ccc([C@H]2[C@@H](CO)N3CCCCN(Cc4ccncc4)C[C@H]23)cc1. The molecule has 0 saturated carbocycles. The Balaban J connectivity index is 1.37. The van der Waals surface area contributed by atoms with Gasteiger partial charge in [-0.3, -0.25) is 14.8 Å². The average Bonchev–Trinajstić information content (AvgIpc) is 2.85. The number of benzene rings is 2. The van der Waals surface area contributed by atoms with Gasteiger partial charge < -0.3 is 9.84 Å². The van der Waals surface area contributed by atoms with Gasteiger partial charge in [-0.25, -0.2) is 0 Å². The third-order valence-electron chi connectivity index (χ3n) is 7.32. The second-order valence-corrected chi connectivity index (χ2v) is 9.20. The molecule has 2 aromatic carbocycles. The molecular weight excluding hydrogens is 410 g/mol. The number of ether oxygens (including phenoxy) is 1. The fourth-order valence-corrected chi connectivity index (χ4v) is 5.67. The number of rotatable bonds is 6. The van der Waals surface area contributed by atoms with Gasteiger partial charge in [0.15, 0.2) is 0 Å². The quantitative estimate of drug-likeness (QED) is 0.619. The lowest BCUT2D eigenvalue weighted by Crippen LogP contribution is -2.67. The second kappa shape index (κ2) is 10.0. The molecule has 0 radical (unpaired) electrons. The second-order valence-electron chi connectivity index (χ2n) is 9.20. The van der Waals surface area contributed by atoms with Crippen LogP contribution >= 0.6 is 0 Å². The number of methoxy groups -OCH3 is 1. The summed E-state index contributed by atoms with van der Waals surface area (Å²) in [6.07, 6.45) is 6.13. The Morgan fingerprint density at radius 3 is 2.48 bits per heavy atom. The van der Waals surface area contributed by atoms with Gasteiger partial charge in [-0.1, -0.05) is 42.5 Å². The zero-order chi connectivity index (χ0) is 22.6. The van der Waals surface area contributed by atoms with E-state index >= 15 is 0 Å². The third kappa shape index (κ3) is 4.54. The number of aliphatic hydroxyl groups excluding tert-OH is 1. The minimum absolute atomic E-state index is 0.202. The van der Waals surface area contributed by atoms with Gasteiger partial charge in [0, 0.05) is 49.0 Å². The Bertz CT molecular complexity index is 1040. The molecule has 2 aliphatic rings. The first-order chi connectivity index (χ1) is 16.3. The van der Waals surface area contributed by atoms with Crippen LogP contribution in [0.3, 0.4) is 0 Å². The zero-order valence-corrected chi connectivity index (χ0v) is 19.3. The van der Waals surface area contributed by atoms with Crippen LogP contribution < -0.4 is 4.74 Å². The van der Waals surface area contributed by atoms with Crippen LogP contribution in [0.15, 0.2) is 73.1 Å². The fourth-order valence-electron chi connectivity index (χ4n) is 5.67. The van der Waals surface area contributed by atoms with Crippen molar-refractivity contribution < 1.29 is 9.84 Å². The number of fused-ring (bicyclic) bond motifs is 1. The Morgan fingerprint density at radius 1 is 0.970 bits per heavy atom. The maximum Gasteiger partial charge on any atom is 0.126 e. The van der Waals surface area contributed by atoms with E-state index in [1.807, 2.05) is 30.6 Å². The summed E-state index contributed by atoms with van der Waals surface area (Å²) >= 11 is 0.